The van der Waals surface area contributed by atoms with Crippen LogP contribution in [-0.4, -0.2) is 57.7 Å². The van der Waals surface area contributed by atoms with Crippen molar-refractivity contribution in [3.8, 4) is 0 Å². The molecule has 1 fully saturated rings. The van der Waals surface area contributed by atoms with Crippen LogP contribution in [0.4, 0.5) is 4.39 Å². The number of fused-ring (bicyclic) bond motifs is 1. The molecule has 0 unspecified atom stereocenters. The summed E-state index contributed by atoms with van der Waals surface area (Å²) in [6, 6.07) is 4.84. The molecule has 2 aromatic heterocycles. The number of guanidine groups is 1. The molecule has 1 aliphatic rings. The van der Waals surface area contributed by atoms with Crippen molar-refractivity contribution in [2.24, 2.45) is 4.99 Å². The molecule has 0 bridgehead atoms. The van der Waals surface area contributed by atoms with E-state index in [0.717, 1.165) is 67.1 Å². The third-order valence-electron chi connectivity index (χ3n) is 5.23. The highest BCUT2D eigenvalue weighted by Crippen LogP contribution is 2.25. The fourth-order valence-electron chi connectivity index (χ4n) is 3.78. The third kappa shape index (κ3) is 3.79. The molecule has 4 rings (SSSR count). The van der Waals surface area contributed by atoms with Crippen LogP contribution in [0.5, 0.6) is 0 Å². The Morgan fingerprint density at radius 3 is 2.96 bits per heavy atom. The Morgan fingerprint density at radius 2 is 2.22 bits per heavy atom. The van der Waals surface area contributed by atoms with Crippen LogP contribution in [0.3, 0.4) is 0 Å². The topological polar surface area (TPSA) is 85.0 Å². The number of aromatic amines is 2. The summed E-state index contributed by atoms with van der Waals surface area (Å²) < 4.78 is 13.5. The Hall–Kier alpha value is -2.90. The minimum Gasteiger partial charge on any atom is -0.361 e. The molecule has 1 aliphatic heterocycles. The van der Waals surface area contributed by atoms with Crippen LogP contribution in [0.25, 0.3) is 10.9 Å². The van der Waals surface area contributed by atoms with Gasteiger partial charge in [-0.25, -0.2) is 9.37 Å². The monoisotopic (exact) mass is 369 g/mol. The number of hydrogen-bond acceptors (Lipinski definition) is 3. The van der Waals surface area contributed by atoms with Crippen molar-refractivity contribution in [1.82, 2.24) is 30.4 Å². The van der Waals surface area contributed by atoms with Crippen LogP contribution < -0.4 is 5.32 Å². The van der Waals surface area contributed by atoms with Crippen molar-refractivity contribution in [2.75, 3.05) is 26.7 Å². The van der Waals surface area contributed by atoms with Crippen LogP contribution in [0.1, 0.15) is 30.1 Å². The van der Waals surface area contributed by atoms with Gasteiger partial charge in [0.05, 0.1) is 0 Å². The Balaban J connectivity index is 1.31. The van der Waals surface area contributed by atoms with Crippen LogP contribution in [0.2, 0.25) is 0 Å². The van der Waals surface area contributed by atoms with Gasteiger partial charge in [0.15, 0.2) is 5.96 Å². The Labute approximate surface area is 157 Å². The smallest absolute Gasteiger partial charge is 0.193 e. The van der Waals surface area contributed by atoms with E-state index in [2.05, 4.69) is 35.4 Å². The number of rotatable bonds is 4. The van der Waals surface area contributed by atoms with E-state index >= 15 is 0 Å². The zero-order valence-electron chi connectivity index (χ0n) is 15.4. The number of H-pyrrole nitrogens is 2. The molecule has 0 spiro atoms. The molecule has 27 heavy (non-hydrogen) atoms. The lowest BCUT2D eigenvalue weighted by atomic mass is 9.96. The molecule has 8 heteroatoms. The number of aromatic nitrogens is 4. The number of halogens is 1. The summed E-state index contributed by atoms with van der Waals surface area (Å²) in [6.45, 7) is 2.62. The Kier molecular flexibility index (Phi) is 5.04. The first-order valence-electron chi connectivity index (χ1n) is 9.31. The number of nitrogens with zero attached hydrogens (tertiary/aromatic N) is 4. The van der Waals surface area contributed by atoms with Crippen LogP contribution in [0.15, 0.2) is 35.7 Å². The Bertz CT molecular complexity index is 907. The molecule has 1 saturated heterocycles. The first kappa shape index (κ1) is 17.5. The number of aliphatic imine (C=N–C) groups is 1. The number of likely N-dealkylation sites (tertiary alicyclic amines) is 1. The fourth-order valence-corrected chi connectivity index (χ4v) is 3.78. The summed E-state index contributed by atoms with van der Waals surface area (Å²) in [5.41, 5.74) is 2.07. The predicted molar refractivity (Wildman–Crippen MR) is 103 cm³/mol. The number of hydrogen-bond donors (Lipinski definition) is 3. The maximum Gasteiger partial charge on any atom is 0.193 e. The zero-order chi connectivity index (χ0) is 18.6. The summed E-state index contributed by atoms with van der Waals surface area (Å²) in [7, 11) is 1.81. The van der Waals surface area contributed by atoms with Crippen molar-refractivity contribution < 1.29 is 4.39 Å². The van der Waals surface area contributed by atoms with Gasteiger partial charge >= 0.3 is 0 Å². The van der Waals surface area contributed by atoms with Gasteiger partial charge in [-0.1, -0.05) is 0 Å². The van der Waals surface area contributed by atoms with E-state index in [1.54, 1.807) is 18.5 Å². The number of nitrogens with one attached hydrogen (secondary N) is 3. The molecule has 1 aromatic carbocycles. The molecule has 3 N–H and O–H groups in total. The molecule has 7 nitrogen and oxygen atoms in total. The normalized spacial score (nSPS) is 16.2. The van der Waals surface area contributed by atoms with Gasteiger partial charge in [0, 0.05) is 49.7 Å². The summed E-state index contributed by atoms with van der Waals surface area (Å²) in [4.78, 5) is 14.2. The molecular formula is C19H24FN7. The van der Waals surface area contributed by atoms with Gasteiger partial charge in [-0.3, -0.25) is 10.1 Å². The standard InChI is InChI=1S/C19H24FN7/c1-21-19(27-8-5-13(6-9-27)18-24-12-25-26-18)22-7-4-14-11-23-17-3-2-15(20)10-16(14)17/h2-3,10-13,23H,4-9H2,1H3,(H,21,22)(H,24,25,26). The van der Waals surface area contributed by atoms with E-state index in [1.165, 1.54) is 6.07 Å². The second-order valence-corrected chi connectivity index (χ2v) is 6.86. The maximum absolute atomic E-state index is 13.5. The average molecular weight is 369 g/mol. The highest BCUT2D eigenvalue weighted by atomic mass is 19.1. The average Bonchev–Trinajstić information content (AvgIpc) is 3.36. The second-order valence-electron chi connectivity index (χ2n) is 6.86. The van der Waals surface area contributed by atoms with Gasteiger partial charge in [0.2, 0.25) is 0 Å². The highest BCUT2D eigenvalue weighted by Gasteiger charge is 2.24. The molecular weight excluding hydrogens is 345 g/mol. The lowest BCUT2D eigenvalue weighted by Gasteiger charge is -2.33. The quantitative estimate of drug-likeness (QED) is 0.487. The summed E-state index contributed by atoms with van der Waals surface area (Å²) >= 11 is 0. The van der Waals surface area contributed by atoms with E-state index < -0.39 is 0 Å². The summed E-state index contributed by atoms with van der Waals surface area (Å²) in [6.07, 6.45) is 6.38. The molecule has 3 aromatic rings. The maximum atomic E-state index is 13.5. The summed E-state index contributed by atoms with van der Waals surface area (Å²) in [5.74, 6) is 2.12. The lowest BCUT2D eigenvalue weighted by Crippen LogP contribution is -2.45. The minimum atomic E-state index is -0.207. The third-order valence-corrected chi connectivity index (χ3v) is 5.23. The Morgan fingerprint density at radius 1 is 1.37 bits per heavy atom. The first-order valence-corrected chi connectivity index (χ1v) is 9.31. The van der Waals surface area contributed by atoms with Gasteiger partial charge in [-0.15, -0.1) is 0 Å². The largest absolute Gasteiger partial charge is 0.361 e. The van der Waals surface area contributed by atoms with E-state index in [-0.39, 0.29) is 5.82 Å². The van der Waals surface area contributed by atoms with E-state index in [9.17, 15) is 4.39 Å². The fraction of sp³-hybridized carbons (Fsp3) is 0.421. The number of piperidine rings is 1. The highest BCUT2D eigenvalue weighted by molar-refractivity contribution is 5.83. The predicted octanol–water partition coefficient (Wildman–Crippen LogP) is 2.42. The van der Waals surface area contributed by atoms with Crippen LogP contribution >= 0.6 is 0 Å². The zero-order valence-corrected chi connectivity index (χ0v) is 15.4. The van der Waals surface area contributed by atoms with E-state index in [0.29, 0.717) is 5.92 Å². The van der Waals surface area contributed by atoms with Gasteiger partial charge in [-0.05, 0) is 43.0 Å². The molecule has 0 aliphatic carbocycles. The van der Waals surface area contributed by atoms with Crippen molar-refractivity contribution in [3.63, 3.8) is 0 Å². The minimum absolute atomic E-state index is 0.207. The van der Waals surface area contributed by atoms with Crippen molar-refractivity contribution >= 4 is 16.9 Å². The molecule has 0 atom stereocenters. The molecule has 0 amide bonds. The molecule has 0 saturated carbocycles. The van der Waals surface area contributed by atoms with Gasteiger partial charge in [0.1, 0.15) is 18.0 Å². The SMILES string of the molecule is CN=C(NCCc1c[nH]c2ccc(F)cc12)N1CCC(c2ncn[nH]2)CC1. The van der Waals surface area contributed by atoms with E-state index in [1.807, 2.05) is 13.2 Å². The second kappa shape index (κ2) is 7.77. The van der Waals surface area contributed by atoms with Gasteiger partial charge in [-0.2, -0.15) is 5.10 Å². The molecule has 142 valence electrons. The summed E-state index contributed by atoms with van der Waals surface area (Å²) in [5, 5.41) is 11.3. The van der Waals surface area contributed by atoms with Gasteiger partial charge < -0.3 is 15.2 Å². The van der Waals surface area contributed by atoms with E-state index in [4.69, 9.17) is 0 Å². The van der Waals surface area contributed by atoms with Crippen LogP contribution in [0, 0.1) is 5.82 Å². The van der Waals surface area contributed by atoms with Crippen molar-refractivity contribution in [3.05, 3.63) is 47.9 Å². The first-order chi connectivity index (χ1) is 13.2. The van der Waals surface area contributed by atoms with Crippen LogP contribution in [-0.2, 0) is 6.42 Å². The molecule has 3 heterocycles. The van der Waals surface area contributed by atoms with Crippen molar-refractivity contribution in [2.45, 2.75) is 25.2 Å². The van der Waals surface area contributed by atoms with Crippen molar-refractivity contribution in [1.29, 1.82) is 0 Å². The number of benzene rings is 1. The lowest BCUT2D eigenvalue weighted by molar-refractivity contribution is 0.299. The molecule has 0 radical (unpaired) electrons. The van der Waals surface area contributed by atoms with Gasteiger partial charge in [0.25, 0.3) is 0 Å².